The fraction of sp³-hybridized carbons (Fsp3) is 0. The molecule has 0 unspecified atom stereocenters. The summed E-state index contributed by atoms with van der Waals surface area (Å²) in [6, 6.07) is 19.3. The molecule has 0 aromatic heterocycles. The number of nitrogens with zero attached hydrogens (tertiary/aromatic N) is 2. The van der Waals surface area contributed by atoms with Gasteiger partial charge in [-0.25, -0.2) is 0 Å². The number of nitrogens with one attached hydrogen (secondary N) is 2. The molecule has 5 aromatic carbocycles. The molecular weight excluding hydrogens is 644 g/mol. The van der Waals surface area contributed by atoms with E-state index in [1.54, 1.807) is 0 Å². The van der Waals surface area contributed by atoms with Gasteiger partial charge in [0, 0.05) is 58.9 Å². The molecule has 0 fully saturated rings. The van der Waals surface area contributed by atoms with Crippen LogP contribution >= 0.6 is 0 Å². The molecule has 0 aliphatic heterocycles. The van der Waals surface area contributed by atoms with Gasteiger partial charge in [-0.3, -0.25) is 29.8 Å². The number of rotatable bonds is 10. The maximum atomic E-state index is 15.0. The quantitative estimate of drug-likeness (QED) is 0.0655. The Labute approximate surface area is 266 Å². The highest BCUT2D eigenvalue weighted by Crippen LogP contribution is 2.39. The zero-order chi connectivity index (χ0) is 34.5. The predicted molar refractivity (Wildman–Crippen MR) is 161 cm³/mol. The first-order valence-corrected chi connectivity index (χ1v) is 13.4. The zero-order valence-electron chi connectivity index (χ0n) is 23.9. The molecule has 0 atom stereocenters. The molecule has 242 valence electrons. The van der Waals surface area contributed by atoms with Gasteiger partial charge in [0.15, 0.2) is 0 Å². The molecule has 0 heterocycles. The second kappa shape index (κ2) is 13.7. The van der Waals surface area contributed by atoms with Crippen molar-refractivity contribution in [2.24, 2.45) is 0 Å². The number of carbonyl (C=O) groups excluding carboxylic acids is 2. The van der Waals surface area contributed by atoms with E-state index in [-0.39, 0.29) is 45.4 Å². The number of benzene rings is 5. The van der Waals surface area contributed by atoms with Crippen molar-refractivity contribution < 1.29 is 46.5 Å². The number of halogens is 4. The maximum Gasteiger partial charge on any atom is 0.269 e. The standard InChI is InChI=1S/C32H18F4N4O8/c33-25-27(35)30(48-24-6-2-4-20(16-24)38-32(42)18-9-13-22(14-10-18)40(45)46)28(36)26(34)29(25)47-23-5-1-3-19(15-23)37-31(41)17-7-11-21(12-8-17)39(43)44/h1-16H,(H,37,41)(H,38,42). The average Bonchev–Trinajstić information content (AvgIpc) is 3.08. The van der Waals surface area contributed by atoms with Gasteiger partial charge in [-0.2, -0.15) is 17.6 Å². The summed E-state index contributed by atoms with van der Waals surface area (Å²) in [5.74, 6) is -12.7. The van der Waals surface area contributed by atoms with Crippen molar-refractivity contribution in [1.82, 2.24) is 0 Å². The Hall–Kier alpha value is -6.84. The summed E-state index contributed by atoms with van der Waals surface area (Å²) >= 11 is 0. The molecule has 0 spiro atoms. The first-order valence-electron chi connectivity index (χ1n) is 13.4. The van der Waals surface area contributed by atoms with Crippen LogP contribution in [0.15, 0.2) is 97.1 Å². The third-order valence-electron chi connectivity index (χ3n) is 6.49. The molecular formula is C32H18F4N4O8. The fourth-order valence-corrected chi connectivity index (χ4v) is 4.16. The minimum Gasteiger partial charge on any atom is -0.451 e. The summed E-state index contributed by atoms with van der Waals surface area (Å²) in [4.78, 5) is 45.4. The molecule has 0 saturated heterocycles. The molecule has 12 nitrogen and oxygen atoms in total. The first kappa shape index (κ1) is 32.6. The minimum atomic E-state index is -1.94. The summed E-state index contributed by atoms with van der Waals surface area (Å²) < 4.78 is 70.3. The number of nitro benzene ring substituents is 2. The van der Waals surface area contributed by atoms with E-state index in [0.29, 0.717) is 0 Å². The van der Waals surface area contributed by atoms with Gasteiger partial charge in [-0.1, -0.05) is 12.1 Å². The molecule has 2 N–H and O–H groups in total. The number of hydrogen-bond acceptors (Lipinski definition) is 8. The minimum absolute atomic E-state index is 0.0538. The van der Waals surface area contributed by atoms with E-state index in [2.05, 4.69) is 10.6 Å². The molecule has 5 rings (SSSR count). The van der Waals surface area contributed by atoms with Crippen molar-refractivity contribution in [3.05, 3.63) is 152 Å². The van der Waals surface area contributed by atoms with Crippen LogP contribution in [0, 0.1) is 43.5 Å². The van der Waals surface area contributed by atoms with Crippen molar-refractivity contribution in [2.75, 3.05) is 10.6 Å². The van der Waals surface area contributed by atoms with Crippen molar-refractivity contribution in [2.45, 2.75) is 0 Å². The van der Waals surface area contributed by atoms with Gasteiger partial charge in [0.25, 0.3) is 23.2 Å². The second-order valence-electron chi connectivity index (χ2n) is 9.69. The molecule has 0 radical (unpaired) electrons. The molecule has 16 heteroatoms. The fourth-order valence-electron chi connectivity index (χ4n) is 4.16. The molecule has 5 aromatic rings. The third-order valence-corrected chi connectivity index (χ3v) is 6.49. The van der Waals surface area contributed by atoms with Crippen LogP contribution in [0.1, 0.15) is 20.7 Å². The van der Waals surface area contributed by atoms with Crippen molar-refractivity contribution >= 4 is 34.6 Å². The van der Waals surface area contributed by atoms with Crippen molar-refractivity contribution in [3.63, 3.8) is 0 Å². The number of amides is 2. The number of anilines is 2. The highest BCUT2D eigenvalue weighted by atomic mass is 19.2. The van der Waals surface area contributed by atoms with E-state index in [1.165, 1.54) is 60.7 Å². The topological polar surface area (TPSA) is 163 Å². The van der Waals surface area contributed by atoms with Crippen LogP contribution in [0.25, 0.3) is 0 Å². The van der Waals surface area contributed by atoms with Crippen LogP contribution in [-0.4, -0.2) is 21.7 Å². The Morgan fingerprint density at radius 3 is 1.19 bits per heavy atom. The Bertz CT molecular complexity index is 1900. The lowest BCUT2D eigenvalue weighted by atomic mass is 10.2. The SMILES string of the molecule is O=C(Nc1cccc(Oc2c(F)c(F)c(Oc3cccc(NC(=O)c4ccc([N+](=O)[O-])cc4)c3)c(F)c2F)c1)c1ccc([N+](=O)[O-])cc1. The van der Waals surface area contributed by atoms with E-state index in [9.17, 15) is 29.8 Å². The average molecular weight is 663 g/mol. The van der Waals surface area contributed by atoms with Gasteiger partial charge < -0.3 is 20.1 Å². The van der Waals surface area contributed by atoms with Crippen LogP contribution in [-0.2, 0) is 0 Å². The van der Waals surface area contributed by atoms with Crippen LogP contribution in [0.3, 0.4) is 0 Å². The number of nitro groups is 2. The summed E-state index contributed by atoms with van der Waals surface area (Å²) in [5.41, 5.74) is -0.250. The first-order chi connectivity index (χ1) is 22.9. The van der Waals surface area contributed by atoms with Gasteiger partial charge in [0.2, 0.25) is 34.8 Å². The molecule has 0 aliphatic carbocycles. The van der Waals surface area contributed by atoms with Gasteiger partial charge >= 0.3 is 0 Å². The lowest BCUT2D eigenvalue weighted by Crippen LogP contribution is -2.12. The van der Waals surface area contributed by atoms with Crippen LogP contribution in [0.5, 0.6) is 23.0 Å². The number of hydrogen-bond donors (Lipinski definition) is 2. The van der Waals surface area contributed by atoms with Gasteiger partial charge in [-0.15, -0.1) is 0 Å². The summed E-state index contributed by atoms with van der Waals surface area (Å²) in [5, 5.41) is 26.5. The Morgan fingerprint density at radius 2 is 0.875 bits per heavy atom. The summed E-state index contributed by atoms with van der Waals surface area (Å²) in [6.45, 7) is 0. The molecule has 0 saturated carbocycles. The van der Waals surface area contributed by atoms with E-state index in [1.807, 2.05) is 0 Å². The predicted octanol–water partition coefficient (Wildman–Crippen LogP) is 8.15. The maximum absolute atomic E-state index is 15.0. The monoisotopic (exact) mass is 662 g/mol. The lowest BCUT2D eigenvalue weighted by molar-refractivity contribution is -0.385. The van der Waals surface area contributed by atoms with Crippen LogP contribution in [0.2, 0.25) is 0 Å². The van der Waals surface area contributed by atoms with Crippen LogP contribution in [0.4, 0.5) is 40.3 Å². The molecule has 48 heavy (non-hydrogen) atoms. The Morgan fingerprint density at radius 1 is 0.542 bits per heavy atom. The number of ether oxygens (including phenoxy) is 2. The highest BCUT2D eigenvalue weighted by molar-refractivity contribution is 6.05. The normalized spacial score (nSPS) is 10.6. The van der Waals surface area contributed by atoms with E-state index < -0.39 is 56.4 Å². The lowest BCUT2D eigenvalue weighted by Gasteiger charge is -2.15. The number of carbonyl (C=O) groups is 2. The van der Waals surface area contributed by atoms with E-state index in [4.69, 9.17) is 9.47 Å². The Kier molecular flexibility index (Phi) is 9.26. The van der Waals surface area contributed by atoms with Crippen LogP contribution < -0.4 is 20.1 Å². The largest absolute Gasteiger partial charge is 0.451 e. The van der Waals surface area contributed by atoms with E-state index >= 15 is 17.6 Å². The van der Waals surface area contributed by atoms with Crippen molar-refractivity contribution in [3.8, 4) is 23.0 Å². The Balaban J connectivity index is 1.31. The second-order valence-corrected chi connectivity index (χ2v) is 9.69. The number of non-ortho nitro benzene ring substituents is 2. The van der Waals surface area contributed by atoms with E-state index in [0.717, 1.165) is 36.4 Å². The third kappa shape index (κ3) is 7.17. The van der Waals surface area contributed by atoms with Gasteiger partial charge in [-0.05, 0) is 48.5 Å². The zero-order valence-corrected chi connectivity index (χ0v) is 23.9. The summed E-state index contributed by atoms with van der Waals surface area (Å²) in [7, 11) is 0. The summed E-state index contributed by atoms with van der Waals surface area (Å²) in [6.07, 6.45) is 0. The van der Waals surface area contributed by atoms with Gasteiger partial charge in [0.1, 0.15) is 11.5 Å². The molecule has 0 aliphatic rings. The smallest absolute Gasteiger partial charge is 0.269 e. The van der Waals surface area contributed by atoms with Crippen molar-refractivity contribution in [1.29, 1.82) is 0 Å². The highest BCUT2D eigenvalue weighted by Gasteiger charge is 2.29. The molecule has 2 amide bonds. The van der Waals surface area contributed by atoms with Gasteiger partial charge in [0.05, 0.1) is 9.85 Å². The molecule has 0 bridgehead atoms.